The molecule has 0 radical (unpaired) electrons. The lowest BCUT2D eigenvalue weighted by molar-refractivity contribution is -0.137. The third-order valence-electron chi connectivity index (χ3n) is 4.80. The predicted octanol–water partition coefficient (Wildman–Crippen LogP) is 2.69. The van der Waals surface area contributed by atoms with Crippen LogP contribution in [0.5, 0.6) is 0 Å². The van der Waals surface area contributed by atoms with Crippen molar-refractivity contribution in [2.75, 3.05) is 45.8 Å². The molecule has 140 valence electrons. The van der Waals surface area contributed by atoms with Crippen molar-refractivity contribution in [2.24, 2.45) is 5.92 Å². The van der Waals surface area contributed by atoms with E-state index >= 15 is 0 Å². The first-order valence-corrected chi connectivity index (χ1v) is 8.76. The van der Waals surface area contributed by atoms with Gasteiger partial charge in [0.25, 0.3) is 0 Å². The van der Waals surface area contributed by atoms with Gasteiger partial charge >= 0.3 is 0 Å². The molecule has 2 heterocycles. The van der Waals surface area contributed by atoms with Crippen LogP contribution in [-0.2, 0) is 4.79 Å². The molecule has 2 saturated heterocycles. The fourth-order valence-electron chi connectivity index (χ4n) is 3.37. The molecule has 0 aliphatic carbocycles. The lowest BCUT2D eigenvalue weighted by atomic mass is 9.98. The number of piperazine rings is 1. The first-order valence-electron chi connectivity index (χ1n) is 8.76. The summed E-state index contributed by atoms with van der Waals surface area (Å²) in [5.41, 5.74) is 1.24. The van der Waals surface area contributed by atoms with Gasteiger partial charge in [0.15, 0.2) is 0 Å². The number of nitrogens with zero attached hydrogens (tertiary/aromatic N) is 2. The van der Waals surface area contributed by atoms with Gasteiger partial charge in [0, 0.05) is 39.3 Å². The van der Waals surface area contributed by atoms with Crippen LogP contribution in [0.4, 0.5) is 0 Å². The standard InChI is InChI=1S/C19H27N3O.2ClH/c23-19(18-9-4-10-20-16-18)22-14-12-21(13-15-22)11-5-8-17-6-2-1-3-7-17;;/h1-3,5-8,18,20H,4,9-16H2;2*1H. The number of carbonyl (C=O) groups is 1. The summed E-state index contributed by atoms with van der Waals surface area (Å²) in [5, 5.41) is 3.34. The highest BCUT2D eigenvalue weighted by atomic mass is 35.5. The molecule has 0 bridgehead atoms. The molecule has 2 aliphatic heterocycles. The third kappa shape index (κ3) is 6.63. The van der Waals surface area contributed by atoms with Crippen LogP contribution in [-0.4, -0.2) is 61.5 Å². The molecule has 4 nitrogen and oxygen atoms in total. The summed E-state index contributed by atoms with van der Waals surface area (Å²) in [6.07, 6.45) is 6.57. The zero-order valence-corrected chi connectivity index (χ0v) is 16.2. The summed E-state index contributed by atoms with van der Waals surface area (Å²) in [6.45, 7) is 6.57. The maximum Gasteiger partial charge on any atom is 0.227 e. The second-order valence-electron chi connectivity index (χ2n) is 6.48. The van der Waals surface area contributed by atoms with Gasteiger partial charge < -0.3 is 10.2 Å². The molecule has 2 fully saturated rings. The number of amides is 1. The summed E-state index contributed by atoms with van der Waals surface area (Å²) in [7, 11) is 0. The van der Waals surface area contributed by atoms with E-state index < -0.39 is 0 Å². The topological polar surface area (TPSA) is 35.6 Å². The van der Waals surface area contributed by atoms with Gasteiger partial charge in [-0.3, -0.25) is 9.69 Å². The Balaban J connectivity index is 0.00000156. The molecule has 0 aromatic heterocycles. The van der Waals surface area contributed by atoms with Crippen molar-refractivity contribution >= 4 is 36.8 Å². The van der Waals surface area contributed by atoms with E-state index in [1.54, 1.807) is 0 Å². The zero-order valence-electron chi connectivity index (χ0n) is 14.6. The molecule has 3 rings (SSSR count). The van der Waals surface area contributed by atoms with Crippen molar-refractivity contribution in [3.05, 3.63) is 42.0 Å². The van der Waals surface area contributed by atoms with Crippen LogP contribution in [0, 0.1) is 5.92 Å². The molecule has 1 amide bonds. The SMILES string of the molecule is Cl.Cl.O=C(C1CCCNC1)N1CCN(CC=Cc2ccccc2)CC1. The number of benzene rings is 1. The van der Waals surface area contributed by atoms with Crippen molar-refractivity contribution < 1.29 is 4.79 Å². The summed E-state index contributed by atoms with van der Waals surface area (Å²) in [6, 6.07) is 10.4. The molecule has 1 aromatic rings. The lowest BCUT2D eigenvalue weighted by Crippen LogP contribution is -2.52. The Kier molecular flexibility index (Phi) is 10.1. The predicted molar refractivity (Wildman–Crippen MR) is 109 cm³/mol. The van der Waals surface area contributed by atoms with Crippen molar-refractivity contribution in [3.8, 4) is 0 Å². The molecule has 2 aliphatic rings. The van der Waals surface area contributed by atoms with Gasteiger partial charge in [-0.25, -0.2) is 0 Å². The normalized spacial score (nSPS) is 21.4. The van der Waals surface area contributed by atoms with E-state index in [-0.39, 0.29) is 30.7 Å². The summed E-state index contributed by atoms with van der Waals surface area (Å²) in [5.74, 6) is 0.560. The van der Waals surface area contributed by atoms with Crippen molar-refractivity contribution in [3.63, 3.8) is 0 Å². The van der Waals surface area contributed by atoms with E-state index in [4.69, 9.17) is 0 Å². The minimum Gasteiger partial charge on any atom is -0.340 e. The van der Waals surface area contributed by atoms with Gasteiger partial charge in [-0.1, -0.05) is 42.5 Å². The second kappa shape index (κ2) is 11.5. The number of halogens is 2. The second-order valence-corrected chi connectivity index (χ2v) is 6.48. The number of rotatable bonds is 4. The Morgan fingerprint density at radius 3 is 2.48 bits per heavy atom. The smallest absolute Gasteiger partial charge is 0.227 e. The van der Waals surface area contributed by atoms with Crippen LogP contribution in [0.3, 0.4) is 0 Å². The van der Waals surface area contributed by atoms with E-state index in [2.05, 4.69) is 51.5 Å². The van der Waals surface area contributed by atoms with Crippen LogP contribution in [0.25, 0.3) is 6.08 Å². The van der Waals surface area contributed by atoms with Crippen LogP contribution < -0.4 is 5.32 Å². The molecular weight excluding hydrogens is 357 g/mol. The van der Waals surface area contributed by atoms with Gasteiger partial charge in [0.05, 0.1) is 5.92 Å². The van der Waals surface area contributed by atoms with E-state index in [9.17, 15) is 4.79 Å². The monoisotopic (exact) mass is 385 g/mol. The Morgan fingerprint density at radius 2 is 1.84 bits per heavy atom. The maximum atomic E-state index is 12.5. The fourth-order valence-corrected chi connectivity index (χ4v) is 3.37. The molecule has 1 aromatic carbocycles. The molecular formula is C19H29Cl2N3O. The maximum absolute atomic E-state index is 12.5. The third-order valence-corrected chi connectivity index (χ3v) is 4.80. The van der Waals surface area contributed by atoms with Crippen molar-refractivity contribution in [2.45, 2.75) is 12.8 Å². The average Bonchev–Trinajstić information content (AvgIpc) is 2.63. The quantitative estimate of drug-likeness (QED) is 0.865. The lowest BCUT2D eigenvalue weighted by Gasteiger charge is -2.36. The number of nitrogens with one attached hydrogen (secondary N) is 1. The van der Waals surface area contributed by atoms with E-state index in [0.29, 0.717) is 5.91 Å². The van der Waals surface area contributed by atoms with Gasteiger partial charge in [-0.05, 0) is 24.9 Å². The Labute approximate surface area is 163 Å². The van der Waals surface area contributed by atoms with E-state index in [1.807, 2.05) is 6.07 Å². The highest BCUT2D eigenvalue weighted by molar-refractivity contribution is 5.85. The molecule has 0 spiro atoms. The van der Waals surface area contributed by atoms with Crippen LogP contribution in [0.15, 0.2) is 36.4 Å². The van der Waals surface area contributed by atoms with Crippen LogP contribution in [0.2, 0.25) is 0 Å². The van der Waals surface area contributed by atoms with E-state index in [0.717, 1.165) is 58.7 Å². The highest BCUT2D eigenvalue weighted by Crippen LogP contribution is 2.15. The summed E-state index contributed by atoms with van der Waals surface area (Å²) in [4.78, 5) is 17.0. The molecule has 1 unspecified atom stereocenters. The molecule has 0 saturated carbocycles. The largest absolute Gasteiger partial charge is 0.340 e. The zero-order chi connectivity index (χ0) is 15.9. The summed E-state index contributed by atoms with van der Waals surface area (Å²) < 4.78 is 0. The minimum absolute atomic E-state index is 0. The average molecular weight is 386 g/mol. The molecule has 1 atom stereocenters. The fraction of sp³-hybridized carbons (Fsp3) is 0.526. The molecule has 6 heteroatoms. The van der Waals surface area contributed by atoms with E-state index in [1.165, 1.54) is 5.56 Å². The molecule has 1 N–H and O–H groups in total. The van der Waals surface area contributed by atoms with Gasteiger partial charge in [0.2, 0.25) is 5.91 Å². The van der Waals surface area contributed by atoms with Gasteiger partial charge in [0.1, 0.15) is 0 Å². The van der Waals surface area contributed by atoms with Crippen LogP contribution >= 0.6 is 24.8 Å². The Bertz CT molecular complexity index is 525. The van der Waals surface area contributed by atoms with Crippen molar-refractivity contribution in [1.82, 2.24) is 15.1 Å². The summed E-state index contributed by atoms with van der Waals surface area (Å²) >= 11 is 0. The number of hydrogen-bond acceptors (Lipinski definition) is 3. The number of carbonyl (C=O) groups excluding carboxylic acids is 1. The van der Waals surface area contributed by atoms with Crippen molar-refractivity contribution in [1.29, 1.82) is 0 Å². The first kappa shape index (κ1) is 22.0. The Morgan fingerprint density at radius 1 is 1.12 bits per heavy atom. The highest BCUT2D eigenvalue weighted by Gasteiger charge is 2.27. The first-order chi connectivity index (χ1) is 11.3. The number of piperidine rings is 1. The minimum atomic E-state index is 0. The van der Waals surface area contributed by atoms with Gasteiger partial charge in [-0.2, -0.15) is 0 Å². The van der Waals surface area contributed by atoms with Gasteiger partial charge in [-0.15, -0.1) is 24.8 Å². The molecule has 25 heavy (non-hydrogen) atoms. The van der Waals surface area contributed by atoms with Crippen LogP contribution in [0.1, 0.15) is 18.4 Å². The Hall–Kier alpha value is -1.07. The number of hydrogen-bond donors (Lipinski definition) is 1.